The number of amides is 1. The molecule has 29 heavy (non-hydrogen) atoms. The molecule has 1 heterocycles. The van der Waals surface area contributed by atoms with E-state index in [9.17, 15) is 9.59 Å². The van der Waals surface area contributed by atoms with Gasteiger partial charge in [0.15, 0.2) is 5.13 Å². The summed E-state index contributed by atoms with van der Waals surface area (Å²) in [6, 6.07) is 17.4. The fourth-order valence-corrected chi connectivity index (χ4v) is 3.89. The molecule has 0 aliphatic carbocycles. The van der Waals surface area contributed by atoms with Gasteiger partial charge in [0.25, 0.3) is 5.91 Å². The van der Waals surface area contributed by atoms with Crippen LogP contribution in [0.4, 0.5) is 5.13 Å². The largest absolute Gasteiger partial charge is 0.480 e. The number of aromatic nitrogens is 1. The van der Waals surface area contributed by atoms with Crippen LogP contribution in [-0.4, -0.2) is 47.5 Å². The number of nitrogens with zero attached hydrogens (tertiary/aromatic N) is 3. The number of hydrogen-bond donors (Lipinski definition) is 1. The Morgan fingerprint density at radius 2 is 1.69 bits per heavy atom. The number of aryl methyl sites for hydroxylation is 1. The van der Waals surface area contributed by atoms with Gasteiger partial charge in [0.1, 0.15) is 6.54 Å². The second-order valence-corrected chi connectivity index (χ2v) is 8.06. The summed E-state index contributed by atoms with van der Waals surface area (Å²) in [6.07, 6.45) is 0. The molecule has 0 saturated heterocycles. The highest BCUT2D eigenvalue weighted by Gasteiger charge is 2.15. The lowest BCUT2D eigenvalue weighted by atomic mass is 10.1. The Hall–Kier alpha value is -3.19. The SMILES string of the molecule is Cc1sc(N(C)Cc2ccc(C(=O)N(C)CC(=O)O)cc2)nc1-c1ccccc1. The Kier molecular flexibility index (Phi) is 6.29. The van der Waals surface area contributed by atoms with E-state index in [1.54, 1.807) is 23.5 Å². The summed E-state index contributed by atoms with van der Waals surface area (Å²) in [5.74, 6) is -1.34. The third-order valence-corrected chi connectivity index (χ3v) is 5.58. The monoisotopic (exact) mass is 409 g/mol. The molecule has 150 valence electrons. The van der Waals surface area contributed by atoms with E-state index >= 15 is 0 Å². The second-order valence-electron chi connectivity index (χ2n) is 6.88. The van der Waals surface area contributed by atoms with E-state index in [0.717, 1.165) is 22.0 Å². The highest BCUT2D eigenvalue weighted by atomic mass is 32.1. The molecule has 1 aromatic heterocycles. The Morgan fingerprint density at radius 1 is 1.03 bits per heavy atom. The van der Waals surface area contributed by atoms with Gasteiger partial charge >= 0.3 is 5.97 Å². The highest BCUT2D eigenvalue weighted by molar-refractivity contribution is 7.16. The molecule has 3 rings (SSSR count). The molecule has 0 saturated carbocycles. The first-order chi connectivity index (χ1) is 13.8. The third-order valence-electron chi connectivity index (χ3n) is 4.50. The van der Waals surface area contributed by atoms with Crippen LogP contribution in [0.1, 0.15) is 20.8 Å². The molecule has 0 atom stereocenters. The van der Waals surface area contributed by atoms with Crippen molar-refractivity contribution in [1.29, 1.82) is 0 Å². The zero-order chi connectivity index (χ0) is 21.0. The molecule has 0 aliphatic heterocycles. The molecule has 0 unspecified atom stereocenters. The van der Waals surface area contributed by atoms with Crippen molar-refractivity contribution in [3.63, 3.8) is 0 Å². The number of carbonyl (C=O) groups excluding carboxylic acids is 1. The van der Waals surface area contributed by atoms with Crippen LogP contribution in [0.25, 0.3) is 11.3 Å². The molecule has 3 aromatic rings. The first-order valence-corrected chi connectivity index (χ1v) is 9.97. The van der Waals surface area contributed by atoms with Gasteiger partial charge in [-0.2, -0.15) is 0 Å². The van der Waals surface area contributed by atoms with Gasteiger partial charge in [0.05, 0.1) is 5.69 Å². The van der Waals surface area contributed by atoms with Crippen LogP contribution in [-0.2, 0) is 11.3 Å². The summed E-state index contributed by atoms with van der Waals surface area (Å²) in [7, 11) is 3.47. The van der Waals surface area contributed by atoms with Crippen molar-refractivity contribution < 1.29 is 14.7 Å². The smallest absolute Gasteiger partial charge is 0.323 e. The number of carboxylic acids is 1. The van der Waals surface area contributed by atoms with Crippen LogP contribution in [0.2, 0.25) is 0 Å². The molecule has 0 aliphatic rings. The minimum absolute atomic E-state index is 0.310. The zero-order valence-corrected chi connectivity index (χ0v) is 17.4. The highest BCUT2D eigenvalue weighted by Crippen LogP contribution is 2.32. The van der Waals surface area contributed by atoms with Crippen LogP contribution in [0.3, 0.4) is 0 Å². The van der Waals surface area contributed by atoms with Gasteiger partial charge in [-0.25, -0.2) is 4.98 Å². The predicted molar refractivity (Wildman–Crippen MR) is 115 cm³/mol. The van der Waals surface area contributed by atoms with Gasteiger partial charge in [-0.3, -0.25) is 9.59 Å². The van der Waals surface area contributed by atoms with Gasteiger partial charge in [-0.15, -0.1) is 11.3 Å². The number of benzene rings is 2. The second kappa shape index (κ2) is 8.87. The average Bonchev–Trinajstić information content (AvgIpc) is 3.10. The molecule has 1 N–H and O–H groups in total. The Bertz CT molecular complexity index is 1000. The summed E-state index contributed by atoms with van der Waals surface area (Å²) in [6.45, 7) is 2.41. The van der Waals surface area contributed by atoms with Gasteiger partial charge in [0, 0.05) is 36.6 Å². The lowest BCUT2D eigenvalue weighted by Crippen LogP contribution is -2.31. The predicted octanol–water partition coefficient (Wildman–Crippen LogP) is 3.91. The van der Waals surface area contributed by atoms with Crippen LogP contribution >= 0.6 is 11.3 Å². The van der Waals surface area contributed by atoms with E-state index in [0.29, 0.717) is 12.1 Å². The number of aliphatic carboxylic acids is 1. The maximum atomic E-state index is 12.3. The van der Waals surface area contributed by atoms with E-state index < -0.39 is 5.97 Å². The molecule has 0 radical (unpaired) electrons. The lowest BCUT2D eigenvalue weighted by Gasteiger charge is -2.17. The Labute approximate surface area is 174 Å². The normalized spacial score (nSPS) is 10.6. The lowest BCUT2D eigenvalue weighted by molar-refractivity contribution is -0.137. The molecule has 0 fully saturated rings. The van der Waals surface area contributed by atoms with Crippen molar-refractivity contribution in [3.05, 3.63) is 70.6 Å². The van der Waals surface area contributed by atoms with Crippen molar-refractivity contribution in [1.82, 2.24) is 9.88 Å². The number of likely N-dealkylation sites (N-methyl/N-ethyl adjacent to an activating group) is 1. The summed E-state index contributed by atoms with van der Waals surface area (Å²) in [5, 5.41) is 9.75. The molecule has 0 bridgehead atoms. The van der Waals surface area contributed by atoms with E-state index in [1.165, 1.54) is 16.8 Å². The van der Waals surface area contributed by atoms with Crippen LogP contribution in [0.5, 0.6) is 0 Å². The molecule has 7 heteroatoms. The van der Waals surface area contributed by atoms with E-state index in [2.05, 4.69) is 24.0 Å². The average molecular weight is 410 g/mol. The topological polar surface area (TPSA) is 73.7 Å². The quantitative estimate of drug-likeness (QED) is 0.640. The number of carboxylic acid groups (broad SMARTS) is 1. The zero-order valence-electron chi connectivity index (χ0n) is 16.6. The van der Waals surface area contributed by atoms with Crippen LogP contribution < -0.4 is 4.90 Å². The van der Waals surface area contributed by atoms with Crippen LogP contribution in [0, 0.1) is 6.92 Å². The fourth-order valence-electron chi connectivity index (χ4n) is 3.00. The Balaban J connectivity index is 1.69. The van der Waals surface area contributed by atoms with Crippen molar-refractivity contribution in [2.75, 3.05) is 25.5 Å². The van der Waals surface area contributed by atoms with Gasteiger partial charge in [0.2, 0.25) is 0 Å². The number of thiazole rings is 1. The molecule has 2 aromatic carbocycles. The molecular formula is C22H23N3O3S. The van der Waals surface area contributed by atoms with Crippen molar-refractivity contribution in [3.8, 4) is 11.3 Å². The number of hydrogen-bond acceptors (Lipinski definition) is 5. The summed E-state index contributed by atoms with van der Waals surface area (Å²) >= 11 is 1.65. The molecule has 1 amide bonds. The van der Waals surface area contributed by atoms with E-state index in [1.807, 2.05) is 37.4 Å². The molecular weight excluding hydrogens is 386 g/mol. The maximum Gasteiger partial charge on any atom is 0.323 e. The summed E-state index contributed by atoms with van der Waals surface area (Å²) in [5.41, 5.74) is 3.62. The minimum Gasteiger partial charge on any atom is -0.480 e. The molecule has 0 spiro atoms. The van der Waals surface area contributed by atoms with Crippen LogP contribution in [0.15, 0.2) is 54.6 Å². The number of carbonyl (C=O) groups is 2. The standard InChI is InChI=1S/C22H23N3O3S/c1-15-20(17-7-5-4-6-8-17)23-22(29-15)25(3)13-16-9-11-18(12-10-16)21(28)24(2)14-19(26)27/h4-12H,13-14H2,1-3H3,(H,26,27). The number of rotatable bonds is 7. The number of anilines is 1. The van der Waals surface area contributed by atoms with Crippen molar-refractivity contribution in [2.24, 2.45) is 0 Å². The molecule has 6 nitrogen and oxygen atoms in total. The third kappa shape index (κ3) is 5.00. The summed E-state index contributed by atoms with van der Waals surface area (Å²) < 4.78 is 0. The minimum atomic E-state index is -1.03. The first-order valence-electron chi connectivity index (χ1n) is 9.15. The maximum absolute atomic E-state index is 12.3. The summed E-state index contributed by atoms with van der Waals surface area (Å²) in [4.78, 5) is 32.3. The van der Waals surface area contributed by atoms with Crippen molar-refractivity contribution in [2.45, 2.75) is 13.5 Å². The van der Waals surface area contributed by atoms with Gasteiger partial charge < -0.3 is 14.9 Å². The fraction of sp³-hybridized carbons (Fsp3) is 0.227. The Morgan fingerprint density at radius 3 is 2.31 bits per heavy atom. The van der Waals surface area contributed by atoms with E-state index in [-0.39, 0.29) is 12.5 Å². The van der Waals surface area contributed by atoms with E-state index in [4.69, 9.17) is 10.1 Å². The first kappa shape index (κ1) is 20.5. The van der Waals surface area contributed by atoms with Crippen molar-refractivity contribution >= 4 is 28.3 Å². The van der Waals surface area contributed by atoms with Gasteiger partial charge in [-0.1, -0.05) is 42.5 Å². The van der Waals surface area contributed by atoms with Gasteiger partial charge in [-0.05, 0) is 24.6 Å².